The molecule has 0 saturated carbocycles. The van der Waals surface area contributed by atoms with Crippen molar-refractivity contribution < 1.29 is 9.50 Å². The molecule has 0 amide bonds. The molecular weight excluding hydrogens is 241 g/mol. The van der Waals surface area contributed by atoms with Crippen LogP contribution in [-0.4, -0.2) is 17.8 Å². The number of aliphatic hydroxyl groups excluding tert-OH is 1. The van der Waals surface area contributed by atoms with Crippen LogP contribution in [0.25, 0.3) is 0 Å². The fourth-order valence-electron chi connectivity index (χ4n) is 1.79. The Kier molecular flexibility index (Phi) is 4.92. The molecular formula is C13H19ClFNO. The van der Waals surface area contributed by atoms with Gasteiger partial charge in [-0.1, -0.05) is 24.6 Å². The Morgan fingerprint density at radius 3 is 2.65 bits per heavy atom. The summed E-state index contributed by atoms with van der Waals surface area (Å²) in [6, 6.07) is 4.48. The molecule has 2 unspecified atom stereocenters. The molecule has 0 radical (unpaired) electrons. The molecule has 0 spiro atoms. The minimum Gasteiger partial charge on any atom is -0.394 e. The zero-order chi connectivity index (χ0) is 13.1. The van der Waals surface area contributed by atoms with Crippen LogP contribution in [0.4, 0.5) is 4.39 Å². The van der Waals surface area contributed by atoms with Crippen molar-refractivity contribution in [1.29, 1.82) is 0 Å². The first-order valence-electron chi connectivity index (χ1n) is 5.77. The van der Waals surface area contributed by atoms with Crippen LogP contribution in [0.1, 0.15) is 32.8 Å². The highest BCUT2D eigenvalue weighted by Gasteiger charge is 2.29. The van der Waals surface area contributed by atoms with E-state index in [1.165, 1.54) is 12.1 Å². The largest absolute Gasteiger partial charge is 0.394 e. The van der Waals surface area contributed by atoms with E-state index in [9.17, 15) is 9.50 Å². The summed E-state index contributed by atoms with van der Waals surface area (Å²) in [5, 5.41) is 13.2. The van der Waals surface area contributed by atoms with Gasteiger partial charge in [0.2, 0.25) is 0 Å². The zero-order valence-corrected chi connectivity index (χ0v) is 11.2. The average Bonchev–Trinajstić information content (AvgIpc) is 2.28. The molecule has 1 rings (SSSR count). The van der Waals surface area contributed by atoms with E-state index in [1.807, 2.05) is 13.8 Å². The molecule has 2 N–H and O–H groups in total. The van der Waals surface area contributed by atoms with Crippen LogP contribution in [0, 0.1) is 5.82 Å². The van der Waals surface area contributed by atoms with Crippen LogP contribution in [0.2, 0.25) is 5.02 Å². The van der Waals surface area contributed by atoms with Gasteiger partial charge >= 0.3 is 0 Å². The zero-order valence-electron chi connectivity index (χ0n) is 10.4. The fraction of sp³-hybridized carbons (Fsp3) is 0.538. The first-order valence-corrected chi connectivity index (χ1v) is 6.15. The van der Waals surface area contributed by atoms with Gasteiger partial charge in [0.05, 0.1) is 12.1 Å². The predicted octanol–water partition coefficient (Wildman–Crippen LogP) is 3.07. The summed E-state index contributed by atoms with van der Waals surface area (Å²) < 4.78 is 13.0. The summed E-state index contributed by atoms with van der Waals surface area (Å²) in [5.74, 6) is -0.373. The molecule has 0 aliphatic heterocycles. The molecule has 96 valence electrons. The molecule has 1 aromatic carbocycles. The number of hydrogen-bond acceptors (Lipinski definition) is 2. The van der Waals surface area contributed by atoms with Crippen LogP contribution in [-0.2, 0) is 5.54 Å². The monoisotopic (exact) mass is 259 g/mol. The SMILES string of the molecule is CCC(C)NC(C)(CO)c1ccc(F)cc1Cl. The van der Waals surface area contributed by atoms with Gasteiger partial charge in [-0.3, -0.25) is 0 Å². The van der Waals surface area contributed by atoms with Gasteiger partial charge in [-0.05, 0) is 38.0 Å². The van der Waals surface area contributed by atoms with E-state index in [1.54, 1.807) is 6.07 Å². The molecule has 0 saturated heterocycles. The van der Waals surface area contributed by atoms with Gasteiger partial charge in [0.1, 0.15) is 5.82 Å². The lowest BCUT2D eigenvalue weighted by Crippen LogP contribution is -2.47. The lowest BCUT2D eigenvalue weighted by atomic mass is 9.91. The second-order valence-electron chi connectivity index (χ2n) is 4.57. The first kappa shape index (κ1) is 14.4. The number of hydrogen-bond donors (Lipinski definition) is 2. The molecule has 0 aromatic heterocycles. The van der Waals surface area contributed by atoms with E-state index < -0.39 is 5.54 Å². The molecule has 4 heteroatoms. The molecule has 1 aromatic rings. The number of aliphatic hydroxyl groups is 1. The topological polar surface area (TPSA) is 32.3 Å². The number of rotatable bonds is 5. The van der Waals surface area contributed by atoms with Gasteiger partial charge in [0, 0.05) is 11.1 Å². The molecule has 17 heavy (non-hydrogen) atoms. The maximum absolute atomic E-state index is 13.0. The molecule has 2 atom stereocenters. The average molecular weight is 260 g/mol. The minimum absolute atomic E-state index is 0.0946. The third-order valence-corrected chi connectivity index (χ3v) is 3.33. The molecule has 0 bridgehead atoms. The molecule has 0 heterocycles. The molecule has 2 nitrogen and oxygen atoms in total. The van der Waals surface area contributed by atoms with Crippen molar-refractivity contribution >= 4 is 11.6 Å². The van der Waals surface area contributed by atoms with Gasteiger partial charge in [-0.25, -0.2) is 4.39 Å². The van der Waals surface area contributed by atoms with Crippen molar-refractivity contribution in [2.24, 2.45) is 0 Å². The van der Waals surface area contributed by atoms with Crippen molar-refractivity contribution in [2.45, 2.75) is 38.8 Å². The van der Waals surface area contributed by atoms with Gasteiger partial charge in [-0.2, -0.15) is 0 Å². The number of halogens is 2. The maximum Gasteiger partial charge on any atom is 0.124 e. The lowest BCUT2D eigenvalue weighted by molar-refractivity contribution is 0.162. The maximum atomic E-state index is 13.0. The highest BCUT2D eigenvalue weighted by atomic mass is 35.5. The van der Waals surface area contributed by atoms with E-state index in [2.05, 4.69) is 12.2 Å². The Morgan fingerprint density at radius 2 is 2.18 bits per heavy atom. The third-order valence-electron chi connectivity index (χ3n) is 3.02. The van der Waals surface area contributed by atoms with Crippen LogP contribution in [0.3, 0.4) is 0 Å². The summed E-state index contributed by atoms with van der Waals surface area (Å²) in [6.07, 6.45) is 0.939. The van der Waals surface area contributed by atoms with Crippen LogP contribution in [0.15, 0.2) is 18.2 Å². The normalized spacial score (nSPS) is 16.6. The van der Waals surface area contributed by atoms with E-state index in [0.29, 0.717) is 10.6 Å². The summed E-state index contributed by atoms with van der Waals surface area (Å²) >= 11 is 6.03. The molecule has 0 aliphatic rings. The third kappa shape index (κ3) is 3.41. The summed E-state index contributed by atoms with van der Waals surface area (Å²) in [6.45, 7) is 5.86. The van der Waals surface area contributed by atoms with E-state index >= 15 is 0 Å². The van der Waals surface area contributed by atoms with Crippen LogP contribution in [0.5, 0.6) is 0 Å². The summed E-state index contributed by atoms with van der Waals surface area (Å²) in [4.78, 5) is 0. The van der Waals surface area contributed by atoms with Crippen molar-refractivity contribution in [2.75, 3.05) is 6.61 Å². The van der Waals surface area contributed by atoms with E-state index in [4.69, 9.17) is 11.6 Å². The van der Waals surface area contributed by atoms with Gasteiger partial charge in [0.25, 0.3) is 0 Å². The molecule has 0 aliphatic carbocycles. The number of benzene rings is 1. The number of nitrogens with one attached hydrogen (secondary N) is 1. The minimum atomic E-state index is -0.653. The fourth-order valence-corrected chi connectivity index (χ4v) is 2.17. The van der Waals surface area contributed by atoms with E-state index in [-0.39, 0.29) is 18.5 Å². The van der Waals surface area contributed by atoms with Crippen molar-refractivity contribution in [3.63, 3.8) is 0 Å². The van der Waals surface area contributed by atoms with Crippen molar-refractivity contribution in [3.8, 4) is 0 Å². The summed E-state index contributed by atoms with van der Waals surface area (Å²) in [5.41, 5.74) is 0.0589. The second-order valence-corrected chi connectivity index (χ2v) is 4.98. The van der Waals surface area contributed by atoms with Crippen molar-refractivity contribution in [3.05, 3.63) is 34.6 Å². The van der Waals surface area contributed by atoms with Gasteiger partial charge in [-0.15, -0.1) is 0 Å². The van der Waals surface area contributed by atoms with Gasteiger partial charge < -0.3 is 10.4 Å². The highest BCUT2D eigenvalue weighted by molar-refractivity contribution is 6.31. The Labute approximate surface area is 107 Å². The summed E-state index contributed by atoms with van der Waals surface area (Å²) in [7, 11) is 0. The van der Waals surface area contributed by atoms with E-state index in [0.717, 1.165) is 6.42 Å². The Balaban J connectivity index is 3.07. The standard InChI is InChI=1S/C13H19ClFNO/c1-4-9(2)16-13(3,8-17)11-6-5-10(15)7-12(11)14/h5-7,9,16-17H,4,8H2,1-3H3. The predicted molar refractivity (Wildman–Crippen MR) is 68.7 cm³/mol. The Hall–Kier alpha value is -0.640. The first-order chi connectivity index (χ1) is 7.92. The highest BCUT2D eigenvalue weighted by Crippen LogP contribution is 2.29. The van der Waals surface area contributed by atoms with Gasteiger partial charge in [0.15, 0.2) is 0 Å². The smallest absolute Gasteiger partial charge is 0.124 e. The van der Waals surface area contributed by atoms with Crippen LogP contribution >= 0.6 is 11.6 Å². The van der Waals surface area contributed by atoms with Crippen LogP contribution < -0.4 is 5.32 Å². The Morgan fingerprint density at radius 1 is 1.53 bits per heavy atom. The lowest BCUT2D eigenvalue weighted by Gasteiger charge is -2.33. The molecule has 0 fully saturated rings. The van der Waals surface area contributed by atoms with Crippen molar-refractivity contribution in [1.82, 2.24) is 5.32 Å². The second kappa shape index (κ2) is 5.80. The quantitative estimate of drug-likeness (QED) is 0.852. The Bertz CT molecular complexity index is 386.